The minimum atomic E-state index is -3.36. The number of hydrogen-bond acceptors (Lipinski definition) is 5. The molecule has 0 spiro atoms. The summed E-state index contributed by atoms with van der Waals surface area (Å²) in [5, 5.41) is 7.63. The Bertz CT molecular complexity index is 894. The minimum absolute atomic E-state index is 0.129. The van der Waals surface area contributed by atoms with Crippen molar-refractivity contribution in [2.45, 2.75) is 50.2 Å². The number of anilines is 1. The minimum Gasteiger partial charge on any atom is -0.347 e. The van der Waals surface area contributed by atoms with E-state index in [1.54, 1.807) is 6.20 Å². The number of sulfonamides is 1. The summed E-state index contributed by atoms with van der Waals surface area (Å²) in [4.78, 5) is 4.30. The number of halogens is 1. The van der Waals surface area contributed by atoms with Gasteiger partial charge in [0.1, 0.15) is 6.17 Å². The Morgan fingerprint density at radius 2 is 2.00 bits per heavy atom. The Labute approximate surface area is 152 Å². The topological polar surface area (TPSA) is 79.6 Å². The molecule has 3 heterocycles. The highest BCUT2D eigenvalue weighted by Gasteiger charge is 2.33. The molecule has 2 aliphatic rings. The molecule has 2 fully saturated rings. The Morgan fingerprint density at radius 1 is 1.23 bits per heavy atom. The molecular formula is C17H24FN5O2S. The number of alkyl halides is 1. The fourth-order valence-corrected chi connectivity index (χ4v) is 4.88. The molecule has 4 rings (SSSR count). The molecule has 2 atom stereocenters. The predicted molar refractivity (Wildman–Crippen MR) is 97.5 cm³/mol. The molecule has 7 nitrogen and oxygen atoms in total. The van der Waals surface area contributed by atoms with Crippen LogP contribution < -0.4 is 5.32 Å². The number of aromatic nitrogens is 3. The summed E-state index contributed by atoms with van der Waals surface area (Å²) in [5.74, 6) is 0.903. The number of nitrogens with zero attached hydrogens (tertiary/aromatic N) is 4. The third-order valence-electron chi connectivity index (χ3n) is 5.49. The van der Waals surface area contributed by atoms with Crippen molar-refractivity contribution < 1.29 is 12.8 Å². The van der Waals surface area contributed by atoms with E-state index in [1.807, 2.05) is 10.6 Å². The third kappa shape index (κ3) is 3.42. The van der Waals surface area contributed by atoms with Gasteiger partial charge in [0.2, 0.25) is 16.0 Å². The van der Waals surface area contributed by atoms with Gasteiger partial charge in [0.15, 0.2) is 0 Å². The van der Waals surface area contributed by atoms with E-state index in [4.69, 9.17) is 0 Å². The second-order valence-electron chi connectivity index (χ2n) is 7.33. The fourth-order valence-electron chi connectivity index (χ4n) is 4.03. The first-order valence-electron chi connectivity index (χ1n) is 9.12. The summed E-state index contributed by atoms with van der Waals surface area (Å²) in [5.41, 5.74) is 2.12. The molecule has 1 N–H and O–H groups in total. The Hall–Kier alpha value is -1.74. The molecule has 1 saturated heterocycles. The van der Waals surface area contributed by atoms with Crippen molar-refractivity contribution in [3.05, 3.63) is 24.0 Å². The van der Waals surface area contributed by atoms with Crippen LogP contribution in [0, 0.1) is 0 Å². The van der Waals surface area contributed by atoms with Gasteiger partial charge in [-0.2, -0.15) is 4.31 Å². The molecule has 1 aliphatic carbocycles. The molecule has 1 saturated carbocycles. The van der Waals surface area contributed by atoms with Gasteiger partial charge in [-0.25, -0.2) is 22.3 Å². The second kappa shape index (κ2) is 6.77. The van der Waals surface area contributed by atoms with Crippen LogP contribution in [0.2, 0.25) is 0 Å². The molecule has 0 bridgehead atoms. The van der Waals surface area contributed by atoms with Gasteiger partial charge in [0.25, 0.3) is 0 Å². The molecule has 1 aliphatic heterocycles. The smallest absolute Gasteiger partial charge is 0.241 e. The van der Waals surface area contributed by atoms with Gasteiger partial charge in [0.05, 0.1) is 24.0 Å². The van der Waals surface area contributed by atoms with Crippen molar-refractivity contribution in [3.8, 4) is 0 Å². The number of piperidine rings is 1. The molecular weight excluding hydrogens is 357 g/mol. The first kappa shape index (κ1) is 17.7. The summed E-state index contributed by atoms with van der Waals surface area (Å²) in [6, 6.07) is 3.63. The van der Waals surface area contributed by atoms with E-state index in [2.05, 4.69) is 21.5 Å². The largest absolute Gasteiger partial charge is 0.347 e. The maximum Gasteiger partial charge on any atom is 0.241 e. The number of fused-ring (bicyclic) bond motifs is 1. The van der Waals surface area contributed by atoms with Gasteiger partial charge < -0.3 is 5.32 Å². The lowest BCUT2D eigenvalue weighted by Gasteiger charge is -2.33. The van der Waals surface area contributed by atoms with E-state index >= 15 is 0 Å². The van der Waals surface area contributed by atoms with Crippen molar-refractivity contribution in [2.24, 2.45) is 0 Å². The highest BCUT2D eigenvalue weighted by atomic mass is 32.2. The van der Waals surface area contributed by atoms with Crippen molar-refractivity contribution in [1.82, 2.24) is 18.9 Å². The Morgan fingerprint density at radius 3 is 2.69 bits per heavy atom. The zero-order valence-electron chi connectivity index (χ0n) is 14.8. The van der Waals surface area contributed by atoms with Crippen molar-refractivity contribution >= 4 is 21.5 Å². The van der Waals surface area contributed by atoms with E-state index in [9.17, 15) is 12.8 Å². The van der Waals surface area contributed by atoms with Gasteiger partial charge in [0, 0.05) is 24.7 Å². The second-order valence-corrected chi connectivity index (χ2v) is 9.32. The lowest BCUT2D eigenvalue weighted by Crippen LogP contribution is -2.49. The molecule has 26 heavy (non-hydrogen) atoms. The first-order valence-corrected chi connectivity index (χ1v) is 11.0. The quantitative estimate of drug-likeness (QED) is 0.878. The molecule has 2 aromatic heterocycles. The van der Waals surface area contributed by atoms with Crippen LogP contribution in [0.1, 0.15) is 43.7 Å². The molecule has 0 radical (unpaired) electrons. The lowest BCUT2D eigenvalue weighted by atomic mass is 10.1. The first-order chi connectivity index (χ1) is 12.4. The maximum atomic E-state index is 14.5. The number of nitrogens with one attached hydrogen (secondary N) is 1. The summed E-state index contributed by atoms with van der Waals surface area (Å²) in [6.45, 7) is 0.172. The Balaban J connectivity index is 1.51. The van der Waals surface area contributed by atoms with Crippen molar-refractivity contribution in [2.75, 3.05) is 24.7 Å². The summed E-state index contributed by atoms with van der Waals surface area (Å²) >= 11 is 0. The zero-order valence-corrected chi connectivity index (χ0v) is 15.6. The monoisotopic (exact) mass is 381 g/mol. The van der Waals surface area contributed by atoms with Crippen LogP contribution in [-0.2, 0) is 10.0 Å². The molecule has 0 aromatic carbocycles. The molecule has 9 heteroatoms. The van der Waals surface area contributed by atoms with E-state index in [-0.39, 0.29) is 6.54 Å². The van der Waals surface area contributed by atoms with Crippen LogP contribution in [-0.4, -0.2) is 58.9 Å². The maximum absolute atomic E-state index is 14.5. The van der Waals surface area contributed by atoms with E-state index in [0.29, 0.717) is 24.8 Å². The lowest BCUT2D eigenvalue weighted by molar-refractivity contribution is 0.186. The van der Waals surface area contributed by atoms with E-state index in [1.165, 1.54) is 35.7 Å². The number of rotatable bonds is 4. The molecule has 142 valence electrons. The van der Waals surface area contributed by atoms with Gasteiger partial charge in [-0.3, -0.25) is 0 Å². The molecule has 2 aromatic rings. The van der Waals surface area contributed by atoms with Crippen LogP contribution in [0.5, 0.6) is 0 Å². The van der Waals surface area contributed by atoms with Gasteiger partial charge in [-0.05, 0) is 31.4 Å². The van der Waals surface area contributed by atoms with Crippen LogP contribution in [0.15, 0.2) is 18.3 Å². The average molecular weight is 381 g/mol. The van der Waals surface area contributed by atoms with E-state index < -0.39 is 22.2 Å². The van der Waals surface area contributed by atoms with Gasteiger partial charge in [-0.1, -0.05) is 12.8 Å². The van der Waals surface area contributed by atoms with E-state index in [0.717, 1.165) is 11.8 Å². The Kier molecular flexibility index (Phi) is 4.60. The van der Waals surface area contributed by atoms with Crippen LogP contribution >= 0.6 is 0 Å². The number of hydrogen-bond donors (Lipinski definition) is 1. The SMILES string of the molecule is CS(=O)(=O)N1CC[C@@H](Nc2ncc3ccc(C4CCCC4)n3n2)[C@H](F)C1. The standard InChI is InChI=1S/C17H24FN5O2S/c1-26(24,25)22-9-8-15(14(18)11-22)20-17-19-10-13-6-7-16(23(13)21-17)12-4-2-3-5-12/h6-7,10,12,14-15H,2-5,8-9,11H2,1H3,(H,20,21)/t14-,15-/m1/s1. The third-order valence-corrected chi connectivity index (χ3v) is 6.76. The fraction of sp³-hybridized carbons (Fsp3) is 0.647. The van der Waals surface area contributed by atoms with Crippen molar-refractivity contribution in [3.63, 3.8) is 0 Å². The van der Waals surface area contributed by atoms with Crippen LogP contribution in [0.3, 0.4) is 0 Å². The van der Waals surface area contributed by atoms with Crippen LogP contribution in [0.25, 0.3) is 5.52 Å². The van der Waals surface area contributed by atoms with Crippen molar-refractivity contribution in [1.29, 1.82) is 0 Å². The highest BCUT2D eigenvalue weighted by molar-refractivity contribution is 7.88. The molecule has 0 unspecified atom stereocenters. The summed E-state index contributed by atoms with van der Waals surface area (Å²) in [7, 11) is -3.36. The molecule has 0 amide bonds. The zero-order chi connectivity index (χ0) is 18.3. The van der Waals surface area contributed by atoms with Gasteiger partial charge in [-0.15, -0.1) is 5.10 Å². The normalized spacial score (nSPS) is 25.8. The summed E-state index contributed by atoms with van der Waals surface area (Å²) < 4.78 is 40.7. The highest BCUT2D eigenvalue weighted by Crippen LogP contribution is 2.34. The van der Waals surface area contributed by atoms with Crippen LogP contribution in [0.4, 0.5) is 10.3 Å². The average Bonchev–Trinajstić information content (AvgIpc) is 3.24. The predicted octanol–water partition coefficient (Wildman–Crippen LogP) is 2.17. The van der Waals surface area contributed by atoms with Gasteiger partial charge >= 0.3 is 0 Å². The summed E-state index contributed by atoms with van der Waals surface area (Å²) in [6.07, 6.45) is 6.79.